The van der Waals surface area contributed by atoms with Crippen LogP contribution >= 0.6 is 11.6 Å². The molecule has 0 N–H and O–H groups in total. The van der Waals surface area contributed by atoms with Crippen LogP contribution in [0.2, 0.25) is 5.02 Å². The molecule has 36 heavy (non-hydrogen) atoms. The van der Waals surface area contributed by atoms with Crippen molar-refractivity contribution in [3.63, 3.8) is 0 Å². The van der Waals surface area contributed by atoms with Crippen LogP contribution in [0.3, 0.4) is 0 Å². The zero-order chi connectivity index (χ0) is 25.9. The normalized spacial score (nSPS) is 15.5. The fourth-order valence-corrected chi connectivity index (χ4v) is 4.85. The van der Waals surface area contributed by atoms with Gasteiger partial charge in [0.15, 0.2) is 39.5 Å². The second-order valence-corrected chi connectivity index (χ2v) is 10.4. The molecule has 4 heterocycles. The predicted octanol–water partition coefficient (Wildman–Crippen LogP) is 2.46. The van der Waals surface area contributed by atoms with Gasteiger partial charge in [-0.1, -0.05) is 11.6 Å². The molecule has 0 aromatic carbocycles. The largest absolute Gasteiger partial charge is 0.485 e. The molecule has 0 unspecified atom stereocenters. The van der Waals surface area contributed by atoms with Gasteiger partial charge in [0.25, 0.3) is 0 Å². The van der Waals surface area contributed by atoms with Crippen molar-refractivity contribution >= 4 is 21.4 Å². The molecule has 11 nitrogen and oxygen atoms in total. The van der Waals surface area contributed by atoms with Crippen LogP contribution in [0.4, 0.5) is 13.2 Å². The summed E-state index contributed by atoms with van der Waals surface area (Å²) in [6.07, 6.45) is -0.498. The standard InChI is InChI=1S/C20H20ClF3N6O5S/c1-33-8-13-9-34-18-14(35-11-20(22,23)24)2-4-25-17(18)19-29-28-16(30(13)19)10-36(31,32)5-3-15-26-6-12(21)7-27-15/h2,4,6-7,13H,3,5,8-11H2,1H3/t13-/m1/s1. The van der Waals surface area contributed by atoms with Crippen molar-refractivity contribution in [1.82, 2.24) is 29.7 Å². The van der Waals surface area contributed by atoms with Crippen LogP contribution in [0.15, 0.2) is 24.7 Å². The van der Waals surface area contributed by atoms with Crippen LogP contribution in [0.5, 0.6) is 11.5 Å². The number of rotatable bonds is 9. The van der Waals surface area contributed by atoms with Gasteiger partial charge < -0.3 is 14.2 Å². The van der Waals surface area contributed by atoms with Crippen molar-refractivity contribution in [2.45, 2.75) is 24.4 Å². The Balaban J connectivity index is 1.63. The third-order valence-corrected chi connectivity index (χ3v) is 6.76. The molecule has 0 saturated carbocycles. The molecule has 1 aliphatic heterocycles. The molecule has 4 rings (SSSR count). The summed E-state index contributed by atoms with van der Waals surface area (Å²) in [6.45, 7) is -1.52. The second-order valence-electron chi connectivity index (χ2n) is 7.78. The Bertz CT molecular complexity index is 1320. The van der Waals surface area contributed by atoms with Crippen molar-refractivity contribution in [3.8, 4) is 23.0 Å². The number of aromatic nitrogens is 6. The van der Waals surface area contributed by atoms with Gasteiger partial charge in [0, 0.05) is 38.2 Å². The Morgan fingerprint density at radius 3 is 2.67 bits per heavy atom. The van der Waals surface area contributed by atoms with E-state index in [2.05, 4.69) is 25.1 Å². The van der Waals surface area contributed by atoms with E-state index in [1.807, 2.05) is 0 Å². The Kier molecular flexibility index (Phi) is 7.61. The molecule has 0 bridgehead atoms. The van der Waals surface area contributed by atoms with E-state index < -0.39 is 34.4 Å². The predicted molar refractivity (Wildman–Crippen MR) is 119 cm³/mol. The maximum Gasteiger partial charge on any atom is 0.422 e. The highest BCUT2D eigenvalue weighted by atomic mass is 35.5. The minimum absolute atomic E-state index is 0.0525. The summed E-state index contributed by atoms with van der Waals surface area (Å²) in [7, 11) is -2.25. The lowest BCUT2D eigenvalue weighted by Gasteiger charge is -2.19. The quantitative estimate of drug-likeness (QED) is 0.393. The van der Waals surface area contributed by atoms with Gasteiger partial charge in [-0.3, -0.25) is 4.57 Å². The van der Waals surface area contributed by atoms with Gasteiger partial charge in [-0.05, 0) is 0 Å². The summed E-state index contributed by atoms with van der Waals surface area (Å²) in [5, 5.41) is 8.47. The van der Waals surface area contributed by atoms with E-state index in [1.54, 1.807) is 0 Å². The molecule has 0 aliphatic carbocycles. The molecule has 16 heteroatoms. The minimum atomic E-state index is -4.56. The monoisotopic (exact) mass is 548 g/mol. The number of halogens is 4. The van der Waals surface area contributed by atoms with Gasteiger partial charge in [-0.25, -0.2) is 23.4 Å². The average molecular weight is 549 g/mol. The molecule has 3 aromatic rings. The number of ether oxygens (including phenoxy) is 3. The van der Waals surface area contributed by atoms with Crippen molar-refractivity contribution in [3.05, 3.63) is 41.3 Å². The second kappa shape index (κ2) is 10.5. The molecule has 0 radical (unpaired) electrons. The molecule has 0 fully saturated rings. The van der Waals surface area contributed by atoms with Crippen LogP contribution < -0.4 is 9.47 Å². The molecule has 0 spiro atoms. The Morgan fingerprint density at radius 1 is 1.22 bits per heavy atom. The third kappa shape index (κ3) is 6.20. The summed E-state index contributed by atoms with van der Waals surface area (Å²) >= 11 is 5.76. The number of sulfone groups is 1. The van der Waals surface area contributed by atoms with Crippen LogP contribution in [-0.2, 0) is 26.7 Å². The lowest BCUT2D eigenvalue weighted by Crippen LogP contribution is -2.24. The highest BCUT2D eigenvalue weighted by Crippen LogP contribution is 2.40. The van der Waals surface area contributed by atoms with Gasteiger partial charge in [-0.15, -0.1) is 10.2 Å². The minimum Gasteiger partial charge on any atom is -0.485 e. The average Bonchev–Trinajstić information content (AvgIpc) is 3.14. The molecule has 1 aliphatic rings. The number of hydrogen-bond donors (Lipinski definition) is 0. The molecular formula is C20H20ClF3N6O5S. The van der Waals surface area contributed by atoms with E-state index in [-0.39, 0.29) is 54.2 Å². The first-order valence-electron chi connectivity index (χ1n) is 10.5. The zero-order valence-electron chi connectivity index (χ0n) is 18.8. The molecule has 0 amide bonds. The van der Waals surface area contributed by atoms with Crippen molar-refractivity contribution in [1.29, 1.82) is 0 Å². The smallest absolute Gasteiger partial charge is 0.422 e. The van der Waals surface area contributed by atoms with E-state index in [9.17, 15) is 21.6 Å². The number of nitrogens with zero attached hydrogens (tertiary/aromatic N) is 6. The first-order chi connectivity index (χ1) is 17.1. The van der Waals surface area contributed by atoms with Crippen molar-refractivity contribution in [2.75, 3.05) is 32.7 Å². The maximum atomic E-state index is 12.9. The Hall–Kier alpha value is -3.04. The SMILES string of the molecule is COC[C@@H]1COc2c(OCC(F)(F)F)ccnc2-c2nnc(CS(=O)(=O)CCc3ncc(Cl)cn3)n21. The lowest BCUT2D eigenvalue weighted by molar-refractivity contribution is -0.153. The van der Waals surface area contributed by atoms with Crippen LogP contribution in [-0.4, -0.2) is 77.0 Å². The lowest BCUT2D eigenvalue weighted by atomic mass is 10.2. The summed E-state index contributed by atoms with van der Waals surface area (Å²) in [4.78, 5) is 12.2. The fourth-order valence-electron chi connectivity index (χ4n) is 3.52. The van der Waals surface area contributed by atoms with Gasteiger partial charge >= 0.3 is 6.18 Å². The Morgan fingerprint density at radius 2 is 1.97 bits per heavy atom. The Labute approximate surface area is 208 Å². The first kappa shape index (κ1) is 26.0. The number of pyridine rings is 1. The molecular weight excluding hydrogens is 529 g/mol. The van der Waals surface area contributed by atoms with Gasteiger partial charge in [0.2, 0.25) is 0 Å². The van der Waals surface area contributed by atoms with Gasteiger partial charge in [0.05, 0.1) is 23.4 Å². The van der Waals surface area contributed by atoms with Crippen LogP contribution in [0.25, 0.3) is 11.5 Å². The number of methoxy groups -OCH3 is 1. The van der Waals surface area contributed by atoms with Crippen LogP contribution in [0.1, 0.15) is 17.7 Å². The number of aryl methyl sites for hydroxylation is 1. The molecule has 1 atom stereocenters. The number of hydrogen-bond acceptors (Lipinski definition) is 10. The van der Waals surface area contributed by atoms with E-state index in [4.69, 9.17) is 25.8 Å². The van der Waals surface area contributed by atoms with Gasteiger partial charge in [-0.2, -0.15) is 13.2 Å². The van der Waals surface area contributed by atoms with Gasteiger partial charge in [0.1, 0.15) is 24.0 Å². The highest BCUT2D eigenvalue weighted by Gasteiger charge is 2.34. The maximum absolute atomic E-state index is 12.9. The summed E-state index contributed by atoms with van der Waals surface area (Å²) in [5.74, 6) is -0.416. The molecule has 194 valence electrons. The molecule has 0 saturated heterocycles. The van der Waals surface area contributed by atoms with E-state index in [0.717, 1.165) is 0 Å². The number of fused-ring (bicyclic) bond motifs is 3. The summed E-state index contributed by atoms with van der Waals surface area (Å²) in [6, 6.07) is 0.654. The van der Waals surface area contributed by atoms with E-state index in [1.165, 1.54) is 36.3 Å². The zero-order valence-corrected chi connectivity index (χ0v) is 20.3. The van der Waals surface area contributed by atoms with E-state index >= 15 is 0 Å². The third-order valence-electron chi connectivity index (χ3n) is 5.04. The summed E-state index contributed by atoms with van der Waals surface area (Å²) < 4.78 is 81.3. The number of alkyl halides is 3. The van der Waals surface area contributed by atoms with Crippen molar-refractivity contribution in [2.24, 2.45) is 0 Å². The summed E-state index contributed by atoms with van der Waals surface area (Å²) in [5.41, 5.74) is 0.0685. The topological polar surface area (TPSA) is 131 Å². The van der Waals surface area contributed by atoms with Crippen LogP contribution in [0, 0.1) is 0 Å². The van der Waals surface area contributed by atoms with Crippen molar-refractivity contribution < 1.29 is 35.8 Å². The first-order valence-corrected chi connectivity index (χ1v) is 12.7. The fraction of sp³-hybridized carbons (Fsp3) is 0.450. The van der Waals surface area contributed by atoms with E-state index in [0.29, 0.717) is 10.8 Å². The highest BCUT2D eigenvalue weighted by molar-refractivity contribution is 7.90. The molecule has 3 aromatic heterocycles.